The Morgan fingerprint density at radius 3 is 2.84 bits per heavy atom. The molecule has 0 aliphatic heterocycles. The molecule has 1 aromatic heterocycles. The maximum Gasteiger partial charge on any atom is 0.0884 e. The van der Waals surface area contributed by atoms with E-state index in [-0.39, 0.29) is 0 Å². The molecule has 100 valence electrons. The summed E-state index contributed by atoms with van der Waals surface area (Å²) in [6.07, 6.45) is 7.05. The van der Waals surface area contributed by atoms with E-state index in [9.17, 15) is 0 Å². The van der Waals surface area contributed by atoms with Gasteiger partial charge in [-0.25, -0.2) is 0 Å². The van der Waals surface area contributed by atoms with Crippen LogP contribution < -0.4 is 5.73 Å². The van der Waals surface area contributed by atoms with E-state index in [2.05, 4.69) is 28.1 Å². The molecule has 3 rings (SSSR count). The Kier molecular flexibility index (Phi) is 3.60. The second-order valence-electron chi connectivity index (χ2n) is 5.28. The molecule has 3 nitrogen and oxygen atoms in total. The zero-order valence-electron chi connectivity index (χ0n) is 10.8. The normalized spacial score (nSPS) is 16.1. The number of anilines is 1. The van der Waals surface area contributed by atoms with Gasteiger partial charge < -0.3 is 5.73 Å². The summed E-state index contributed by atoms with van der Waals surface area (Å²) in [6.45, 7) is 0.774. The molecule has 0 saturated heterocycles. The standard InChI is InChI=1S/C15H18BrN3/c16-13-7-3-4-11(8-13)9-19-10-14(17)15(18-19)12-5-1-2-6-12/h3-4,7-8,10,12H,1-2,5-6,9,17H2. The smallest absolute Gasteiger partial charge is 0.0884 e. The highest BCUT2D eigenvalue weighted by molar-refractivity contribution is 9.10. The number of nitrogens with two attached hydrogens (primary N) is 1. The molecule has 1 aliphatic carbocycles. The van der Waals surface area contributed by atoms with Gasteiger partial charge in [0.1, 0.15) is 0 Å². The van der Waals surface area contributed by atoms with E-state index in [1.54, 1.807) is 0 Å². The van der Waals surface area contributed by atoms with Crippen molar-refractivity contribution in [3.8, 4) is 0 Å². The van der Waals surface area contributed by atoms with Gasteiger partial charge in [0.25, 0.3) is 0 Å². The van der Waals surface area contributed by atoms with Crippen LogP contribution in [0.2, 0.25) is 0 Å². The van der Waals surface area contributed by atoms with E-state index in [0.717, 1.165) is 22.4 Å². The zero-order valence-corrected chi connectivity index (χ0v) is 12.4. The third kappa shape index (κ3) is 2.84. The third-order valence-electron chi connectivity index (χ3n) is 3.80. The number of hydrogen-bond donors (Lipinski definition) is 1. The van der Waals surface area contributed by atoms with Gasteiger partial charge in [-0.2, -0.15) is 5.10 Å². The average Bonchev–Trinajstić information content (AvgIpc) is 2.98. The lowest BCUT2D eigenvalue weighted by Gasteiger charge is -2.06. The van der Waals surface area contributed by atoms with Crippen LogP contribution in [0, 0.1) is 0 Å². The molecule has 0 radical (unpaired) electrons. The highest BCUT2D eigenvalue weighted by Crippen LogP contribution is 2.35. The minimum Gasteiger partial charge on any atom is -0.396 e. The Bertz CT molecular complexity index is 571. The molecule has 0 amide bonds. The maximum atomic E-state index is 6.11. The van der Waals surface area contributed by atoms with Crippen molar-refractivity contribution in [1.29, 1.82) is 0 Å². The second kappa shape index (κ2) is 5.37. The fourth-order valence-corrected chi connectivity index (χ4v) is 3.32. The van der Waals surface area contributed by atoms with Gasteiger partial charge in [0.2, 0.25) is 0 Å². The fourth-order valence-electron chi connectivity index (χ4n) is 2.87. The van der Waals surface area contributed by atoms with Crippen molar-refractivity contribution < 1.29 is 0 Å². The molecule has 1 aromatic carbocycles. The van der Waals surface area contributed by atoms with Gasteiger partial charge in [0, 0.05) is 16.6 Å². The molecule has 2 N–H and O–H groups in total. The first kappa shape index (κ1) is 12.7. The summed E-state index contributed by atoms with van der Waals surface area (Å²) < 4.78 is 3.06. The Hall–Kier alpha value is -1.29. The minimum atomic E-state index is 0.573. The SMILES string of the molecule is Nc1cn(Cc2cccc(Br)c2)nc1C1CCCC1. The number of rotatable bonds is 3. The average molecular weight is 320 g/mol. The van der Waals surface area contributed by atoms with Crippen LogP contribution in [0.5, 0.6) is 0 Å². The van der Waals surface area contributed by atoms with E-state index < -0.39 is 0 Å². The first-order valence-electron chi connectivity index (χ1n) is 6.79. The van der Waals surface area contributed by atoms with Crippen molar-refractivity contribution in [1.82, 2.24) is 9.78 Å². The monoisotopic (exact) mass is 319 g/mol. The summed E-state index contributed by atoms with van der Waals surface area (Å²) in [5.74, 6) is 0.573. The van der Waals surface area contributed by atoms with Crippen molar-refractivity contribution >= 4 is 21.6 Å². The highest BCUT2D eigenvalue weighted by atomic mass is 79.9. The third-order valence-corrected chi connectivity index (χ3v) is 4.29. The number of nitrogen functional groups attached to an aromatic ring is 1. The Balaban J connectivity index is 1.80. The van der Waals surface area contributed by atoms with Crippen molar-refractivity contribution in [3.63, 3.8) is 0 Å². The first-order chi connectivity index (χ1) is 9.22. The van der Waals surface area contributed by atoms with Gasteiger partial charge >= 0.3 is 0 Å². The van der Waals surface area contributed by atoms with Crippen LogP contribution in [0.4, 0.5) is 5.69 Å². The molecule has 1 aliphatic rings. The summed E-state index contributed by atoms with van der Waals surface area (Å²) in [4.78, 5) is 0. The van der Waals surface area contributed by atoms with Crippen molar-refractivity contribution in [2.45, 2.75) is 38.1 Å². The molecular formula is C15H18BrN3. The van der Waals surface area contributed by atoms with Crippen LogP contribution in [0.25, 0.3) is 0 Å². The molecule has 1 heterocycles. The summed E-state index contributed by atoms with van der Waals surface area (Å²) in [6, 6.07) is 8.31. The lowest BCUT2D eigenvalue weighted by atomic mass is 10.0. The Labute approximate surface area is 121 Å². The molecular weight excluding hydrogens is 302 g/mol. The van der Waals surface area contributed by atoms with Crippen LogP contribution >= 0.6 is 15.9 Å². The second-order valence-corrected chi connectivity index (χ2v) is 6.19. The molecule has 0 atom stereocenters. The van der Waals surface area contributed by atoms with E-state index in [4.69, 9.17) is 10.8 Å². The lowest BCUT2D eigenvalue weighted by Crippen LogP contribution is -2.02. The van der Waals surface area contributed by atoms with Gasteiger partial charge in [0.05, 0.1) is 17.9 Å². The van der Waals surface area contributed by atoms with E-state index in [1.807, 2.05) is 23.0 Å². The largest absolute Gasteiger partial charge is 0.396 e. The summed E-state index contributed by atoms with van der Waals surface area (Å²) in [5, 5.41) is 4.69. The summed E-state index contributed by atoms with van der Waals surface area (Å²) in [7, 11) is 0. The van der Waals surface area contributed by atoms with Crippen LogP contribution in [0.3, 0.4) is 0 Å². The number of halogens is 1. The first-order valence-corrected chi connectivity index (χ1v) is 7.59. The van der Waals surface area contributed by atoms with E-state index >= 15 is 0 Å². The molecule has 1 fully saturated rings. The maximum absolute atomic E-state index is 6.11. The Morgan fingerprint density at radius 1 is 1.32 bits per heavy atom. The number of nitrogens with zero attached hydrogens (tertiary/aromatic N) is 2. The molecule has 0 spiro atoms. The van der Waals surface area contributed by atoms with Gasteiger partial charge in [-0.05, 0) is 30.5 Å². The quantitative estimate of drug-likeness (QED) is 0.931. The van der Waals surface area contributed by atoms with Gasteiger partial charge in [0.15, 0.2) is 0 Å². The number of hydrogen-bond acceptors (Lipinski definition) is 2. The van der Waals surface area contributed by atoms with Crippen molar-refractivity contribution in [2.24, 2.45) is 0 Å². The van der Waals surface area contributed by atoms with Crippen LogP contribution in [0.15, 0.2) is 34.9 Å². The topological polar surface area (TPSA) is 43.8 Å². The molecule has 0 unspecified atom stereocenters. The van der Waals surface area contributed by atoms with E-state index in [1.165, 1.54) is 31.2 Å². The molecule has 2 aromatic rings. The predicted octanol–water partition coefficient (Wildman–Crippen LogP) is 3.93. The van der Waals surface area contributed by atoms with Crippen molar-refractivity contribution in [3.05, 3.63) is 46.2 Å². The van der Waals surface area contributed by atoms with E-state index in [0.29, 0.717) is 5.92 Å². The minimum absolute atomic E-state index is 0.573. The number of aromatic nitrogens is 2. The Morgan fingerprint density at radius 2 is 2.11 bits per heavy atom. The highest BCUT2D eigenvalue weighted by Gasteiger charge is 2.22. The summed E-state index contributed by atoms with van der Waals surface area (Å²) in [5.41, 5.74) is 9.30. The predicted molar refractivity (Wildman–Crippen MR) is 81.1 cm³/mol. The van der Waals surface area contributed by atoms with Crippen LogP contribution in [0.1, 0.15) is 42.9 Å². The number of benzene rings is 1. The lowest BCUT2D eigenvalue weighted by molar-refractivity contribution is 0.629. The molecule has 0 bridgehead atoms. The fraction of sp³-hybridized carbons (Fsp3) is 0.400. The van der Waals surface area contributed by atoms with Crippen LogP contribution in [-0.2, 0) is 6.54 Å². The van der Waals surface area contributed by atoms with Gasteiger partial charge in [-0.15, -0.1) is 0 Å². The summed E-state index contributed by atoms with van der Waals surface area (Å²) >= 11 is 3.49. The molecule has 1 saturated carbocycles. The van der Waals surface area contributed by atoms with Gasteiger partial charge in [-0.1, -0.05) is 40.9 Å². The van der Waals surface area contributed by atoms with Gasteiger partial charge in [-0.3, -0.25) is 4.68 Å². The molecule has 4 heteroatoms. The van der Waals surface area contributed by atoms with Crippen molar-refractivity contribution in [2.75, 3.05) is 5.73 Å². The van der Waals surface area contributed by atoms with Crippen LogP contribution in [-0.4, -0.2) is 9.78 Å². The zero-order chi connectivity index (χ0) is 13.2. The molecule has 19 heavy (non-hydrogen) atoms.